The molecular weight excluding hydrogens is 521 g/mol. The molecule has 39 heavy (non-hydrogen) atoms. The van der Waals surface area contributed by atoms with Crippen molar-refractivity contribution in [1.29, 1.82) is 0 Å². The highest BCUT2D eigenvalue weighted by molar-refractivity contribution is 7.88. The summed E-state index contributed by atoms with van der Waals surface area (Å²) in [6, 6.07) is 22.3. The lowest BCUT2D eigenvalue weighted by molar-refractivity contribution is -0.141. The van der Waals surface area contributed by atoms with Gasteiger partial charge in [-0.2, -0.15) is 4.31 Å². The van der Waals surface area contributed by atoms with E-state index in [9.17, 15) is 22.4 Å². The van der Waals surface area contributed by atoms with Crippen molar-refractivity contribution in [2.24, 2.45) is 0 Å². The fourth-order valence-corrected chi connectivity index (χ4v) is 4.79. The minimum Gasteiger partial charge on any atom is -0.385 e. The standard InChI is InChI=1S/C29H34FN3O5S/c1-38-19-9-18-31-29(35)28(25-12-7-4-8-13-25)33(21-24-14-16-26(30)17-15-24)27(34)22-32(39(2,36)37)20-23-10-5-3-6-11-23/h3-8,10-17,28H,9,18-22H2,1-2H3,(H,31,35)/t28-/m0/s1. The lowest BCUT2D eigenvalue weighted by Gasteiger charge is -2.33. The summed E-state index contributed by atoms with van der Waals surface area (Å²) in [5.74, 6) is -1.42. The Morgan fingerprint density at radius 3 is 2.08 bits per heavy atom. The number of benzene rings is 3. The van der Waals surface area contributed by atoms with Crippen LogP contribution in [0.5, 0.6) is 0 Å². The fourth-order valence-electron chi connectivity index (χ4n) is 4.06. The number of carbonyl (C=O) groups excluding carboxylic acids is 2. The Balaban J connectivity index is 1.98. The number of sulfonamides is 1. The second-order valence-corrected chi connectivity index (χ2v) is 11.1. The number of halogens is 1. The van der Waals surface area contributed by atoms with Crippen LogP contribution in [0.3, 0.4) is 0 Å². The molecule has 3 aromatic carbocycles. The molecule has 8 nitrogen and oxygen atoms in total. The van der Waals surface area contributed by atoms with Crippen LogP contribution >= 0.6 is 0 Å². The van der Waals surface area contributed by atoms with Gasteiger partial charge in [0.25, 0.3) is 0 Å². The average molecular weight is 556 g/mol. The van der Waals surface area contributed by atoms with Gasteiger partial charge in [-0.15, -0.1) is 0 Å². The third-order valence-electron chi connectivity index (χ3n) is 6.07. The first kappa shape index (κ1) is 29.9. The van der Waals surface area contributed by atoms with Crippen molar-refractivity contribution in [3.05, 3.63) is 107 Å². The van der Waals surface area contributed by atoms with Gasteiger partial charge < -0.3 is 15.0 Å². The first-order chi connectivity index (χ1) is 18.7. The monoisotopic (exact) mass is 555 g/mol. The molecule has 0 unspecified atom stereocenters. The van der Waals surface area contributed by atoms with E-state index in [2.05, 4.69) is 5.32 Å². The lowest BCUT2D eigenvalue weighted by Crippen LogP contribution is -2.48. The van der Waals surface area contributed by atoms with Crippen LogP contribution in [0.2, 0.25) is 0 Å². The van der Waals surface area contributed by atoms with E-state index in [1.165, 1.54) is 29.2 Å². The number of hydrogen-bond donors (Lipinski definition) is 1. The van der Waals surface area contributed by atoms with E-state index < -0.39 is 40.2 Å². The number of amides is 2. The molecule has 0 aliphatic carbocycles. The Kier molecular flexibility index (Phi) is 11.2. The Morgan fingerprint density at radius 2 is 1.49 bits per heavy atom. The van der Waals surface area contributed by atoms with Crippen molar-refractivity contribution in [1.82, 2.24) is 14.5 Å². The first-order valence-corrected chi connectivity index (χ1v) is 14.4. The quantitative estimate of drug-likeness (QED) is 0.307. The normalized spacial score (nSPS) is 12.2. The summed E-state index contributed by atoms with van der Waals surface area (Å²) in [4.78, 5) is 28.8. The number of methoxy groups -OCH3 is 1. The predicted molar refractivity (Wildman–Crippen MR) is 147 cm³/mol. The first-order valence-electron chi connectivity index (χ1n) is 12.5. The molecule has 0 spiro atoms. The third-order valence-corrected chi connectivity index (χ3v) is 7.26. The molecule has 3 rings (SSSR count). The SMILES string of the molecule is COCCCNC(=O)[C@H](c1ccccc1)N(Cc1ccc(F)cc1)C(=O)CN(Cc1ccccc1)S(C)(=O)=O. The highest BCUT2D eigenvalue weighted by Gasteiger charge is 2.33. The molecule has 3 aromatic rings. The van der Waals surface area contributed by atoms with Gasteiger partial charge in [0.05, 0.1) is 12.8 Å². The number of rotatable bonds is 14. The molecule has 0 aliphatic rings. The van der Waals surface area contributed by atoms with E-state index in [1.54, 1.807) is 61.7 Å². The van der Waals surface area contributed by atoms with E-state index in [0.717, 1.165) is 16.1 Å². The topological polar surface area (TPSA) is 96.0 Å². The van der Waals surface area contributed by atoms with E-state index in [-0.39, 0.29) is 13.1 Å². The second-order valence-electron chi connectivity index (χ2n) is 9.12. The zero-order valence-electron chi connectivity index (χ0n) is 22.1. The molecule has 0 aliphatic heterocycles. The summed E-state index contributed by atoms with van der Waals surface area (Å²) in [6.07, 6.45) is 1.62. The van der Waals surface area contributed by atoms with Crippen LogP contribution in [0.15, 0.2) is 84.9 Å². The van der Waals surface area contributed by atoms with E-state index in [4.69, 9.17) is 4.74 Å². The van der Waals surface area contributed by atoms with Gasteiger partial charge in [-0.3, -0.25) is 9.59 Å². The summed E-state index contributed by atoms with van der Waals surface area (Å²) >= 11 is 0. The van der Waals surface area contributed by atoms with Crippen molar-refractivity contribution in [2.45, 2.75) is 25.6 Å². The number of hydrogen-bond acceptors (Lipinski definition) is 5. The van der Waals surface area contributed by atoms with Gasteiger partial charge in [-0.1, -0.05) is 72.8 Å². The van der Waals surface area contributed by atoms with E-state index >= 15 is 0 Å². The maximum atomic E-state index is 13.9. The van der Waals surface area contributed by atoms with E-state index in [1.807, 2.05) is 6.07 Å². The summed E-state index contributed by atoms with van der Waals surface area (Å²) in [5.41, 5.74) is 1.87. The van der Waals surface area contributed by atoms with Crippen molar-refractivity contribution >= 4 is 21.8 Å². The van der Waals surface area contributed by atoms with Crippen molar-refractivity contribution in [3.63, 3.8) is 0 Å². The summed E-state index contributed by atoms with van der Waals surface area (Å²) in [7, 11) is -2.21. The fraction of sp³-hybridized carbons (Fsp3) is 0.310. The molecule has 0 heterocycles. The molecule has 0 radical (unpaired) electrons. The van der Waals surface area contributed by atoms with Crippen molar-refractivity contribution < 1.29 is 27.1 Å². The van der Waals surface area contributed by atoms with Gasteiger partial charge in [-0.25, -0.2) is 12.8 Å². The number of carbonyl (C=O) groups is 2. The molecule has 0 fully saturated rings. The van der Waals surface area contributed by atoms with Crippen LogP contribution in [0.1, 0.15) is 29.2 Å². The Hall–Kier alpha value is -3.60. The van der Waals surface area contributed by atoms with E-state index in [0.29, 0.717) is 30.7 Å². The van der Waals surface area contributed by atoms with Gasteiger partial charge in [0.1, 0.15) is 11.9 Å². The molecule has 208 valence electrons. The van der Waals surface area contributed by atoms with Crippen molar-refractivity contribution in [3.8, 4) is 0 Å². The molecule has 0 saturated carbocycles. The van der Waals surface area contributed by atoms with Crippen molar-refractivity contribution in [2.75, 3.05) is 33.1 Å². The Morgan fingerprint density at radius 1 is 0.897 bits per heavy atom. The van der Waals surface area contributed by atoms with Gasteiger partial charge in [0.15, 0.2) is 0 Å². The minimum atomic E-state index is -3.78. The zero-order valence-corrected chi connectivity index (χ0v) is 22.9. The molecule has 2 amide bonds. The maximum Gasteiger partial charge on any atom is 0.247 e. The maximum absolute atomic E-state index is 13.9. The van der Waals surface area contributed by atoms with Gasteiger partial charge in [0.2, 0.25) is 21.8 Å². The van der Waals surface area contributed by atoms with Crippen LogP contribution in [-0.4, -0.2) is 62.5 Å². The predicted octanol–water partition coefficient (Wildman–Crippen LogP) is 3.51. The molecule has 0 saturated heterocycles. The highest BCUT2D eigenvalue weighted by Crippen LogP contribution is 2.25. The average Bonchev–Trinajstić information content (AvgIpc) is 2.92. The Bertz CT molecular complexity index is 1310. The minimum absolute atomic E-state index is 0.00494. The smallest absolute Gasteiger partial charge is 0.247 e. The van der Waals surface area contributed by atoms with Crippen LogP contribution < -0.4 is 5.32 Å². The molecule has 1 atom stereocenters. The Labute approximate surface area is 229 Å². The van der Waals surface area contributed by atoms with Crippen LogP contribution in [-0.2, 0) is 37.4 Å². The van der Waals surface area contributed by atoms with Gasteiger partial charge >= 0.3 is 0 Å². The molecule has 10 heteroatoms. The number of ether oxygens (including phenoxy) is 1. The summed E-state index contributed by atoms with van der Waals surface area (Å²) in [6.45, 7) is 0.271. The van der Waals surface area contributed by atoms with Gasteiger partial charge in [0, 0.05) is 33.4 Å². The van der Waals surface area contributed by atoms with Gasteiger partial charge in [-0.05, 0) is 35.2 Å². The molecular formula is C29H34FN3O5S. The third kappa shape index (κ3) is 9.27. The van der Waals surface area contributed by atoms with Crippen LogP contribution in [0, 0.1) is 5.82 Å². The number of nitrogens with zero attached hydrogens (tertiary/aromatic N) is 2. The highest BCUT2D eigenvalue weighted by atomic mass is 32.2. The van der Waals surface area contributed by atoms with Crippen LogP contribution in [0.4, 0.5) is 4.39 Å². The summed E-state index contributed by atoms with van der Waals surface area (Å²) < 4.78 is 45.1. The molecule has 0 aromatic heterocycles. The second kappa shape index (κ2) is 14.5. The lowest BCUT2D eigenvalue weighted by atomic mass is 10.0. The van der Waals surface area contributed by atoms with Crippen LogP contribution in [0.25, 0.3) is 0 Å². The molecule has 1 N–H and O–H groups in total. The largest absolute Gasteiger partial charge is 0.385 e. The molecule has 0 bridgehead atoms. The summed E-state index contributed by atoms with van der Waals surface area (Å²) in [5, 5.41) is 2.87. The number of nitrogens with one attached hydrogen (secondary N) is 1. The zero-order chi connectivity index (χ0) is 28.3.